The van der Waals surface area contributed by atoms with Gasteiger partial charge in [0.2, 0.25) is 0 Å². The van der Waals surface area contributed by atoms with Gasteiger partial charge < -0.3 is 5.73 Å². The van der Waals surface area contributed by atoms with Crippen molar-refractivity contribution in [3.63, 3.8) is 0 Å². The number of nitrogens with two attached hydrogens (primary N) is 1. The van der Waals surface area contributed by atoms with E-state index >= 15 is 0 Å². The summed E-state index contributed by atoms with van der Waals surface area (Å²) in [5.74, 6) is 0.526. The molecule has 0 aliphatic carbocycles. The van der Waals surface area contributed by atoms with Crippen molar-refractivity contribution in [2.45, 2.75) is 53.9 Å². The molecule has 0 aliphatic rings. The summed E-state index contributed by atoms with van der Waals surface area (Å²) in [5.41, 5.74) is 11.0. The molecule has 0 aliphatic heterocycles. The molecule has 0 saturated carbocycles. The molecular formula is C17H29N. The van der Waals surface area contributed by atoms with Crippen LogP contribution in [0, 0.1) is 5.92 Å². The summed E-state index contributed by atoms with van der Waals surface area (Å²) < 4.78 is 0. The van der Waals surface area contributed by atoms with Crippen molar-refractivity contribution in [1.29, 1.82) is 0 Å². The van der Waals surface area contributed by atoms with Crippen LogP contribution >= 0.6 is 0 Å². The lowest BCUT2D eigenvalue weighted by molar-refractivity contribution is 0.692. The molecule has 0 radical (unpaired) electrons. The Bertz CT molecular complexity index is 352. The van der Waals surface area contributed by atoms with Gasteiger partial charge in [-0.05, 0) is 50.7 Å². The topological polar surface area (TPSA) is 26.0 Å². The number of hydrogen-bond acceptors (Lipinski definition) is 1. The average Bonchev–Trinajstić information content (AvgIpc) is 2.33. The Morgan fingerprint density at radius 2 is 1.94 bits per heavy atom. The summed E-state index contributed by atoms with van der Waals surface area (Å²) in [6.07, 6.45) is 9.39. The Morgan fingerprint density at radius 1 is 1.33 bits per heavy atom. The van der Waals surface area contributed by atoms with Gasteiger partial charge >= 0.3 is 0 Å². The predicted molar refractivity (Wildman–Crippen MR) is 83.3 cm³/mol. The third-order valence-corrected chi connectivity index (χ3v) is 3.23. The molecule has 1 unspecified atom stereocenters. The Kier molecular flexibility index (Phi) is 8.19. The number of allylic oxidation sites excluding steroid dienone is 5. The molecule has 1 atom stereocenters. The van der Waals surface area contributed by atoms with Gasteiger partial charge in [0.15, 0.2) is 0 Å². The molecule has 2 N–H and O–H groups in total. The van der Waals surface area contributed by atoms with E-state index in [1.165, 1.54) is 16.7 Å². The Morgan fingerprint density at radius 3 is 2.33 bits per heavy atom. The van der Waals surface area contributed by atoms with Gasteiger partial charge in [-0.2, -0.15) is 0 Å². The predicted octanol–water partition coefficient (Wildman–Crippen LogP) is 5.12. The lowest BCUT2D eigenvalue weighted by atomic mass is 9.92. The molecule has 102 valence electrons. The second-order valence-corrected chi connectivity index (χ2v) is 5.02. The van der Waals surface area contributed by atoms with Crippen LogP contribution in [0.3, 0.4) is 0 Å². The molecule has 1 nitrogen and oxygen atoms in total. The van der Waals surface area contributed by atoms with E-state index in [0.29, 0.717) is 5.92 Å². The molecule has 0 bridgehead atoms. The minimum Gasteiger partial charge on any atom is -0.398 e. The number of rotatable bonds is 7. The minimum atomic E-state index is 0.526. The molecular weight excluding hydrogens is 218 g/mol. The molecule has 0 amide bonds. The molecule has 0 rings (SSSR count). The molecule has 0 aromatic carbocycles. The maximum absolute atomic E-state index is 6.25. The highest BCUT2D eigenvalue weighted by Crippen LogP contribution is 2.25. The van der Waals surface area contributed by atoms with E-state index < -0.39 is 0 Å². The van der Waals surface area contributed by atoms with Crippen molar-refractivity contribution in [3.8, 4) is 0 Å². The summed E-state index contributed by atoms with van der Waals surface area (Å²) in [7, 11) is 0. The molecule has 0 saturated heterocycles. The van der Waals surface area contributed by atoms with Gasteiger partial charge in [0, 0.05) is 5.70 Å². The molecule has 0 spiro atoms. The summed E-state index contributed by atoms with van der Waals surface area (Å²) in [5, 5.41) is 0. The first kappa shape index (κ1) is 16.8. The van der Waals surface area contributed by atoms with Crippen LogP contribution in [0.5, 0.6) is 0 Å². The Labute approximate surface area is 113 Å². The zero-order valence-corrected chi connectivity index (χ0v) is 12.7. The summed E-state index contributed by atoms with van der Waals surface area (Å²) in [6, 6.07) is 0. The first-order valence-electron chi connectivity index (χ1n) is 6.89. The van der Waals surface area contributed by atoms with Gasteiger partial charge in [0.25, 0.3) is 0 Å². The van der Waals surface area contributed by atoms with E-state index in [1.807, 2.05) is 6.08 Å². The Hall–Kier alpha value is -1.24. The molecule has 1 heteroatoms. The van der Waals surface area contributed by atoms with E-state index in [4.69, 9.17) is 5.73 Å². The molecule has 0 aromatic rings. The van der Waals surface area contributed by atoms with Crippen molar-refractivity contribution in [3.05, 3.63) is 47.2 Å². The van der Waals surface area contributed by atoms with Crippen molar-refractivity contribution < 1.29 is 0 Å². The summed E-state index contributed by atoms with van der Waals surface area (Å²) in [4.78, 5) is 0. The van der Waals surface area contributed by atoms with Gasteiger partial charge in [0.1, 0.15) is 0 Å². The van der Waals surface area contributed by atoms with Gasteiger partial charge in [0.05, 0.1) is 0 Å². The highest BCUT2D eigenvalue weighted by atomic mass is 14.6. The van der Waals surface area contributed by atoms with Crippen LogP contribution in [0.15, 0.2) is 47.2 Å². The van der Waals surface area contributed by atoms with Crippen LogP contribution in [0.2, 0.25) is 0 Å². The van der Waals surface area contributed by atoms with E-state index in [1.54, 1.807) is 0 Å². The van der Waals surface area contributed by atoms with Crippen LogP contribution in [0.1, 0.15) is 53.9 Å². The highest BCUT2D eigenvalue weighted by molar-refractivity contribution is 5.46. The van der Waals surface area contributed by atoms with Crippen molar-refractivity contribution in [2.75, 3.05) is 0 Å². The van der Waals surface area contributed by atoms with Crippen molar-refractivity contribution >= 4 is 0 Å². The van der Waals surface area contributed by atoms with Crippen LogP contribution < -0.4 is 5.73 Å². The highest BCUT2D eigenvalue weighted by Gasteiger charge is 2.09. The zero-order chi connectivity index (χ0) is 14.1. The second-order valence-electron chi connectivity index (χ2n) is 5.02. The van der Waals surface area contributed by atoms with Crippen LogP contribution in [0.25, 0.3) is 0 Å². The van der Waals surface area contributed by atoms with E-state index in [9.17, 15) is 0 Å². The second kappa shape index (κ2) is 8.79. The zero-order valence-electron chi connectivity index (χ0n) is 12.7. The fraction of sp³-hybridized carbons (Fsp3) is 0.529. The quantitative estimate of drug-likeness (QED) is 0.490. The summed E-state index contributed by atoms with van der Waals surface area (Å²) >= 11 is 0. The molecule has 0 fully saturated rings. The van der Waals surface area contributed by atoms with Crippen molar-refractivity contribution in [2.24, 2.45) is 11.7 Å². The van der Waals surface area contributed by atoms with Crippen molar-refractivity contribution in [1.82, 2.24) is 0 Å². The lowest BCUT2D eigenvalue weighted by Gasteiger charge is -2.15. The van der Waals surface area contributed by atoms with Crippen LogP contribution in [-0.4, -0.2) is 0 Å². The van der Waals surface area contributed by atoms with Gasteiger partial charge in [-0.25, -0.2) is 0 Å². The van der Waals surface area contributed by atoms with Crippen LogP contribution in [0.4, 0.5) is 0 Å². The smallest absolute Gasteiger partial charge is 0.0349 e. The monoisotopic (exact) mass is 247 g/mol. The van der Waals surface area contributed by atoms with Gasteiger partial charge in [-0.3, -0.25) is 0 Å². The average molecular weight is 247 g/mol. The maximum atomic E-state index is 6.25. The van der Waals surface area contributed by atoms with Gasteiger partial charge in [-0.15, -0.1) is 6.58 Å². The van der Waals surface area contributed by atoms with E-state index in [2.05, 4.69) is 53.3 Å². The maximum Gasteiger partial charge on any atom is 0.0349 e. The minimum absolute atomic E-state index is 0.526. The SMILES string of the molecule is C=CCCC(=C(C)C)C(=C/C)/C(N)=C\C(C)CC. The number of hydrogen-bond donors (Lipinski definition) is 1. The van der Waals surface area contributed by atoms with E-state index in [0.717, 1.165) is 25.0 Å². The van der Waals surface area contributed by atoms with E-state index in [-0.39, 0.29) is 0 Å². The van der Waals surface area contributed by atoms with Gasteiger partial charge in [-0.1, -0.05) is 44.1 Å². The lowest BCUT2D eigenvalue weighted by Crippen LogP contribution is -2.07. The fourth-order valence-electron chi connectivity index (χ4n) is 1.93. The third kappa shape index (κ3) is 5.39. The third-order valence-electron chi connectivity index (χ3n) is 3.23. The Balaban J connectivity index is 5.23. The fourth-order valence-corrected chi connectivity index (χ4v) is 1.93. The normalized spacial score (nSPS) is 14.3. The largest absolute Gasteiger partial charge is 0.398 e. The molecule has 0 heterocycles. The first-order chi connectivity index (χ1) is 8.47. The summed E-state index contributed by atoms with van der Waals surface area (Å²) in [6.45, 7) is 14.5. The van der Waals surface area contributed by atoms with Crippen LogP contribution in [-0.2, 0) is 0 Å². The standard InChI is InChI=1S/C17H29N/c1-7-10-11-16(13(4)5)15(9-3)17(18)12-14(6)8-2/h7,9,12,14H,1,8,10-11,18H2,2-6H3/b15-9-,17-12+. The molecule has 18 heavy (non-hydrogen) atoms. The molecule has 0 aromatic heterocycles. The first-order valence-corrected chi connectivity index (χ1v) is 6.89.